The second-order valence-electron chi connectivity index (χ2n) is 15.0. The van der Waals surface area contributed by atoms with Crippen LogP contribution in [0.15, 0.2) is 30.3 Å². The van der Waals surface area contributed by atoms with Gasteiger partial charge < -0.3 is 28.4 Å². The number of nitrogens with one attached hydrogen (secondary N) is 1. The maximum absolute atomic E-state index is 13.8. The Hall–Kier alpha value is -1.62. The molecule has 0 spiro atoms. The van der Waals surface area contributed by atoms with Gasteiger partial charge in [-0.15, -0.1) is 0 Å². The first kappa shape index (κ1) is 46.8. The van der Waals surface area contributed by atoms with Crippen LogP contribution >= 0.6 is 34.8 Å². The zero-order valence-electron chi connectivity index (χ0n) is 32.9. The van der Waals surface area contributed by atoms with E-state index >= 15 is 0 Å². The summed E-state index contributed by atoms with van der Waals surface area (Å²) in [6, 6.07) is 9.48. The molecule has 2 saturated heterocycles. The molecule has 1 aromatic rings. The van der Waals surface area contributed by atoms with E-state index < -0.39 is 58.6 Å². The van der Waals surface area contributed by atoms with Gasteiger partial charge in [0.05, 0.1) is 18.9 Å². The summed E-state index contributed by atoms with van der Waals surface area (Å²) in [5.41, 5.74) is 0.810. The van der Waals surface area contributed by atoms with E-state index in [0.29, 0.717) is 12.8 Å². The topological polar surface area (TPSA) is 113 Å². The SMILES string of the molecule is CCCCCCCCCCCC(=O)OC(CCCCCCCCCCC)CC(=O)OC1C(C)C(OC(=N)C(Cl)(Cl)Cl)OC2COC(c3ccccc3)OC21. The molecule has 7 unspecified atom stereocenters. The number of carbonyl (C=O) groups is 2. The number of hydrogen-bond acceptors (Lipinski definition) is 9. The number of ether oxygens (including phenoxy) is 6. The van der Waals surface area contributed by atoms with Gasteiger partial charge in [-0.2, -0.15) is 0 Å². The Morgan fingerprint density at radius 3 is 1.91 bits per heavy atom. The summed E-state index contributed by atoms with van der Waals surface area (Å²) in [6.45, 7) is 6.34. The van der Waals surface area contributed by atoms with Crippen molar-refractivity contribution in [2.24, 2.45) is 5.92 Å². The Morgan fingerprint density at radius 2 is 1.33 bits per heavy atom. The van der Waals surface area contributed by atoms with Crippen molar-refractivity contribution in [3.63, 3.8) is 0 Å². The monoisotopic (exact) mass is 817 g/mol. The Balaban J connectivity index is 1.63. The molecule has 2 aliphatic heterocycles. The summed E-state index contributed by atoms with van der Waals surface area (Å²) >= 11 is 17.7. The van der Waals surface area contributed by atoms with Gasteiger partial charge in [-0.05, 0) is 19.3 Å². The third-order valence-electron chi connectivity index (χ3n) is 10.3. The molecule has 54 heavy (non-hydrogen) atoms. The maximum Gasteiger partial charge on any atom is 0.309 e. The highest BCUT2D eigenvalue weighted by molar-refractivity contribution is 6.76. The fraction of sp³-hybridized carbons (Fsp3) is 0.786. The predicted molar refractivity (Wildman–Crippen MR) is 215 cm³/mol. The van der Waals surface area contributed by atoms with Gasteiger partial charge in [0.25, 0.3) is 3.79 Å². The summed E-state index contributed by atoms with van der Waals surface area (Å²) in [6.07, 6.45) is 17.1. The summed E-state index contributed by atoms with van der Waals surface area (Å²) in [5, 5.41) is 8.15. The fourth-order valence-electron chi connectivity index (χ4n) is 7.08. The molecule has 3 rings (SSSR count). The molecule has 0 saturated carbocycles. The molecule has 2 aliphatic rings. The summed E-state index contributed by atoms with van der Waals surface area (Å²) in [5.74, 6) is -2.04. The van der Waals surface area contributed by atoms with Crippen molar-refractivity contribution < 1.29 is 38.0 Å². The van der Waals surface area contributed by atoms with Crippen LogP contribution in [-0.4, -0.2) is 58.9 Å². The Bertz CT molecular complexity index is 1200. The normalized spacial score (nSPS) is 23.3. The van der Waals surface area contributed by atoms with Crippen molar-refractivity contribution in [2.75, 3.05) is 6.61 Å². The van der Waals surface area contributed by atoms with Crippen LogP contribution in [0.1, 0.15) is 167 Å². The number of alkyl halides is 3. The highest BCUT2D eigenvalue weighted by Crippen LogP contribution is 2.39. The van der Waals surface area contributed by atoms with Gasteiger partial charge in [-0.3, -0.25) is 15.0 Å². The van der Waals surface area contributed by atoms with E-state index in [0.717, 1.165) is 44.1 Å². The number of esters is 2. The van der Waals surface area contributed by atoms with Gasteiger partial charge in [0.2, 0.25) is 12.2 Å². The number of rotatable bonds is 26. The third-order valence-corrected chi connectivity index (χ3v) is 10.8. The quantitative estimate of drug-likeness (QED) is 0.0323. The second kappa shape index (κ2) is 26.3. The van der Waals surface area contributed by atoms with Gasteiger partial charge in [0.1, 0.15) is 24.4 Å². The number of carbonyl (C=O) groups excluding carboxylic acids is 2. The van der Waals surface area contributed by atoms with E-state index in [9.17, 15) is 9.59 Å². The van der Waals surface area contributed by atoms with Crippen molar-refractivity contribution in [3.8, 4) is 0 Å². The van der Waals surface area contributed by atoms with Gasteiger partial charge >= 0.3 is 11.9 Å². The van der Waals surface area contributed by atoms with Crippen molar-refractivity contribution in [3.05, 3.63) is 35.9 Å². The first-order chi connectivity index (χ1) is 26.0. The third kappa shape index (κ3) is 17.7. The van der Waals surface area contributed by atoms with Crippen LogP contribution < -0.4 is 0 Å². The lowest BCUT2D eigenvalue weighted by molar-refractivity contribution is -0.343. The fourth-order valence-corrected chi connectivity index (χ4v) is 7.21. The van der Waals surface area contributed by atoms with Crippen LogP contribution in [0.2, 0.25) is 0 Å². The van der Waals surface area contributed by atoms with Crippen LogP contribution in [0.25, 0.3) is 0 Å². The smallest absolute Gasteiger partial charge is 0.309 e. The maximum atomic E-state index is 13.8. The Kier molecular flexibility index (Phi) is 22.8. The second-order valence-corrected chi connectivity index (χ2v) is 17.3. The zero-order chi connectivity index (χ0) is 39.2. The average Bonchev–Trinajstić information content (AvgIpc) is 3.14. The number of fused-ring (bicyclic) bond motifs is 1. The van der Waals surface area contributed by atoms with Crippen molar-refractivity contribution in [2.45, 2.75) is 196 Å². The molecule has 0 bridgehead atoms. The molecule has 308 valence electrons. The van der Waals surface area contributed by atoms with Gasteiger partial charge in [-0.25, -0.2) is 0 Å². The molecule has 12 heteroatoms. The highest BCUT2D eigenvalue weighted by atomic mass is 35.6. The lowest BCUT2D eigenvalue weighted by Gasteiger charge is -2.48. The van der Waals surface area contributed by atoms with E-state index in [-0.39, 0.29) is 19.0 Å². The van der Waals surface area contributed by atoms with Crippen LogP contribution in [0.4, 0.5) is 0 Å². The lowest BCUT2D eigenvalue weighted by atomic mass is 9.91. The molecule has 2 fully saturated rings. The standard InChI is InChI=1S/C42H66Cl3NO8/c1-4-6-8-10-12-14-16-18-23-27-33(50-35(47)28-24-19-17-15-13-11-9-7-5-2)29-36(48)52-37-31(3)39(54-41(46)42(43,44)45)51-34-30-49-40(53-38(34)37)32-25-21-20-22-26-32/h20-22,25-26,31,33-34,37-40,46H,4-19,23-24,27-30H2,1-3H3. The van der Waals surface area contributed by atoms with Crippen molar-refractivity contribution in [1.82, 2.24) is 0 Å². The van der Waals surface area contributed by atoms with Crippen molar-refractivity contribution in [1.29, 1.82) is 5.41 Å². The molecule has 0 aliphatic carbocycles. The van der Waals surface area contributed by atoms with E-state index in [1.165, 1.54) is 77.0 Å². The van der Waals surface area contributed by atoms with Crippen LogP contribution in [0, 0.1) is 11.3 Å². The van der Waals surface area contributed by atoms with Gasteiger partial charge in [0, 0.05) is 12.0 Å². The number of hydrogen-bond donors (Lipinski definition) is 1. The van der Waals surface area contributed by atoms with Crippen LogP contribution in [0.3, 0.4) is 0 Å². The molecule has 0 amide bonds. The van der Waals surface area contributed by atoms with Crippen molar-refractivity contribution >= 4 is 52.6 Å². The van der Waals surface area contributed by atoms with Gasteiger partial charge in [-0.1, -0.05) is 189 Å². The summed E-state index contributed by atoms with van der Waals surface area (Å²) < 4.78 is 34.2. The van der Waals surface area contributed by atoms with E-state index in [1.54, 1.807) is 6.92 Å². The molecular formula is C42H66Cl3NO8. The molecule has 1 N–H and O–H groups in total. The average molecular weight is 819 g/mol. The largest absolute Gasteiger partial charge is 0.462 e. The van der Waals surface area contributed by atoms with E-state index in [1.807, 2.05) is 30.3 Å². The molecule has 2 heterocycles. The van der Waals surface area contributed by atoms with Gasteiger partial charge in [0.15, 0.2) is 6.29 Å². The first-order valence-electron chi connectivity index (χ1n) is 20.7. The molecule has 0 aromatic heterocycles. The zero-order valence-corrected chi connectivity index (χ0v) is 35.2. The summed E-state index contributed by atoms with van der Waals surface area (Å²) in [7, 11) is 0. The number of benzene rings is 1. The van der Waals surface area contributed by atoms with E-state index in [4.69, 9.17) is 68.6 Å². The minimum Gasteiger partial charge on any atom is -0.462 e. The molecule has 7 atom stereocenters. The molecular weight excluding hydrogens is 753 g/mol. The molecule has 1 aromatic carbocycles. The lowest BCUT2D eigenvalue weighted by Crippen LogP contribution is -2.60. The molecule has 9 nitrogen and oxygen atoms in total. The predicted octanol–water partition coefficient (Wildman–Crippen LogP) is 11.9. The highest BCUT2D eigenvalue weighted by Gasteiger charge is 2.52. The van der Waals surface area contributed by atoms with Crippen LogP contribution in [-0.2, 0) is 38.0 Å². The molecule has 0 radical (unpaired) electrons. The number of halogens is 3. The summed E-state index contributed by atoms with van der Waals surface area (Å²) in [4.78, 5) is 26.8. The first-order valence-corrected chi connectivity index (χ1v) is 21.9. The Labute approximate surface area is 339 Å². The number of unbranched alkanes of at least 4 members (excludes halogenated alkanes) is 16. The van der Waals surface area contributed by atoms with E-state index in [2.05, 4.69) is 13.8 Å². The van der Waals surface area contributed by atoms with Crippen LogP contribution in [0.5, 0.6) is 0 Å². The minimum atomic E-state index is -2.11. The minimum absolute atomic E-state index is 0.0872. The Morgan fingerprint density at radius 1 is 0.778 bits per heavy atom.